The molecule has 15 N–H and O–H groups in total. The first-order chi connectivity index (χ1) is 25.4. The van der Waals surface area contributed by atoms with Crippen LogP contribution in [0.15, 0.2) is 4.99 Å². The van der Waals surface area contributed by atoms with Crippen LogP contribution in [0.2, 0.25) is 0 Å². The fourth-order valence-electron chi connectivity index (χ4n) is 5.38. The predicted molar refractivity (Wildman–Crippen MR) is 205 cm³/mol. The number of primary amides is 1. The normalized spacial score (nSPS) is 15.4. The molecular weight excluding hydrogens is 702 g/mol. The molecule has 0 spiro atoms. The average Bonchev–Trinajstić information content (AvgIpc) is 3.11. The smallest absolute Gasteiger partial charge is 0.245 e. The molecule has 7 amide bonds. The van der Waals surface area contributed by atoms with Crippen molar-refractivity contribution in [3.63, 3.8) is 0 Å². The van der Waals surface area contributed by atoms with Crippen LogP contribution >= 0.6 is 0 Å². The Bertz CT molecular complexity index is 1250. The molecule has 0 bridgehead atoms. The van der Waals surface area contributed by atoms with E-state index in [-0.39, 0.29) is 44.7 Å². The van der Waals surface area contributed by atoms with Gasteiger partial charge in [0.05, 0.1) is 6.10 Å². The van der Waals surface area contributed by atoms with E-state index in [9.17, 15) is 38.7 Å². The van der Waals surface area contributed by atoms with E-state index in [2.05, 4.69) is 36.9 Å². The number of nitrogens with zero attached hydrogens (tertiary/aromatic N) is 1. The Kier molecular flexibility index (Phi) is 24.9. The first-order valence-corrected chi connectivity index (χ1v) is 18.9. The number of aliphatic hydroxyl groups excluding tert-OH is 1. The van der Waals surface area contributed by atoms with Gasteiger partial charge in [0.1, 0.15) is 36.3 Å². The second-order valence-electron chi connectivity index (χ2n) is 13.6. The van der Waals surface area contributed by atoms with Crippen molar-refractivity contribution in [2.45, 2.75) is 155 Å². The summed E-state index contributed by atoms with van der Waals surface area (Å²) in [5.74, 6) is -5.22. The van der Waals surface area contributed by atoms with Crippen LogP contribution in [0.1, 0.15) is 112 Å². The molecule has 0 fully saturated rings. The number of aliphatic imine (C=N–C) groups is 1. The number of rotatable bonds is 28. The summed E-state index contributed by atoms with van der Waals surface area (Å²) in [4.78, 5) is 95.3. The summed E-state index contributed by atoms with van der Waals surface area (Å²) < 4.78 is 0. The average molecular weight is 770 g/mol. The molecule has 0 aromatic heterocycles. The summed E-state index contributed by atoms with van der Waals surface area (Å²) in [6.07, 6.45) is 3.12. The van der Waals surface area contributed by atoms with Crippen LogP contribution in [0, 0.1) is 5.92 Å². The molecule has 0 rings (SSSR count). The highest BCUT2D eigenvalue weighted by atomic mass is 16.3. The van der Waals surface area contributed by atoms with Crippen LogP contribution < -0.4 is 54.8 Å². The van der Waals surface area contributed by atoms with Crippen LogP contribution in [0.5, 0.6) is 0 Å². The van der Waals surface area contributed by atoms with Gasteiger partial charge in [0.25, 0.3) is 0 Å². The lowest BCUT2D eigenvalue weighted by Gasteiger charge is -2.29. The van der Waals surface area contributed by atoms with Gasteiger partial charge in [0.2, 0.25) is 41.4 Å². The number of carbonyl (C=O) groups excluding carboxylic acids is 7. The molecule has 0 unspecified atom stereocenters. The molecule has 0 aliphatic heterocycles. The summed E-state index contributed by atoms with van der Waals surface area (Å²) in [6.45, 7) is 10.3. The van der Waals surface area contributed by atoms with E-state index >= 15 is 0 Å². The number of guanidine groups is 1. The maximum Gasteiger partial charge on any atom is 0.245 e. The molecule has 0 saturated heterocycles. The fraction of sp³-hybridized carbons (Fsp3) is 0.771. The van der Waals surface area contributed by atoms with Gasteiger partial charge >= 0.3 is 0 Å². The molecule has 0 aliphatic rings. The van der Waals surface area contributed by atoms with E-state index in [4.69, 9.17) is 22.9 Å². The molecule has 0 radical (unpaired) electrons. The highest BCUT2D eigenvalue weighted by Gasteiger charge is 2.35. The summed E-state index contributed by atoms with van der Waals surface area (Å²) >= 11 is 0. The lowest BCUT2D eigenvalue weighted by Crippen LogP contribution is -2.61. The van der Waals surface area contributed by atoms with Crippen molar-refractivity contribution in [2.75, 3.05) is 13.1 Å². The number of aliphatic hydroxyl groups is 1. The monoisotopic (exact) mass is 770 g/mol. The van der Waals surface area contributed by atoms with E-state index in [1.807, 2.05) is 20.8 Å². The highest BCUT2D eigenvalue weighted by Crippen LogP contribution is 2.12. The van der Waals surface area contributed by atoms with Crippen molar-refractivity contribution in [1.29, 1.82) is 0 Å². The number of amides is 7. The molecular formula is C35H67N11O8. The summed E-state index contributed by atoms with van der Waals surface area (Å²) in [5, 5.41) is 25.9. The molecule has 0 heterocycles. The molecule has 54 heavy (non-hydrogen) atoms. The van der Waals surface area contributed by atoms with Crippen LogP contribution in [0.4, 0.5) is 0 Å². The minimum atomic E-state index is -1.31. The Hall–Kier alpha value is -4.52. The van der Waals surface area contributed by atoms with E-state index in [0.717, 1.165) is 0 Å². The Morgan fingerprint density at radius 2 is 1.02 bits per heavy atom. The van der Waals surface area contributed by atoms with Crippen LogP contribution in [-0.2, 0) is 33.6 Å². The van der Waals surface area contributed by atoms with Gasteiger partial charge in [-0.05, 0) is 57.9 Å². The molecule has 0 aliphatic carbocycles. The van der Waals surface area contributed by atoms with Gasteiger partial charge in [-0.25, -0.2) is 0 Å². The third kappa shape index (κ3) is 19.5. The predicted octanol–water partition coefficient (Wildman–Crippen LogP) is -2.00. The summed E-state index contributed by atoms with van der Waals surface area (Å²) in [5.41, 5.74) is 21.9. The van der Waals surface area contributed by atoms with Crippen LogP contribution in [-0.4, -0.2) is 108 Å². The number of carbonyl (C=O) groups is 7. The summed E-state index contributed by atoms with van der Waals surface area (Å²) in [6, 6.07) is -6.78. The third-order valence-corrected chi connectivity index (χ3v) is 8.81. The molecule has 8 atom stereocenters. The number of unbranched alkanes of at least 4 members (excludes halogenated alkanes) is 2. The first kappa shape index (κ1) is 49.5. The lowest BCUT2D eigenvalue weighted by atomic mass is 9.96. The molecule has 19 nitrogen and oxygen atoms in total. The number of nitrogens with two attached hydrogens (primary N) is 4. The molecule has 0 aromatic carbocycles. The van der Waals surface area contributed by atoms with Crippen molar-refractivity contribution < 1.29 is 38.7 Å². The fourth-order valence-corrected chi connectivity index (χ4v) is 5.38. The van der Waals surface area contributed by atoms with Gasteiger partial charge in [-0.1, -0.05) is 59.8 Å². The highest BCUT2D eigenvalue weighted by molar-refractivity contribution is 5.97. The number of hydrogen-bond acceptors (Lipinski definition) is 10. The standard InChI is InChI=1S/C35H67N11O8/c1-7-10-14-24(31(51)44-26(16-12-18-36)30(50)42-23(29(37)49)17-13-19-40-35(38)39)43-32(52)25(15-11-8-2)45-33(53)27(20(4)9-3)46-34(54)28(21(5)47)41-22(6)48/h20-21,23-28,47H,7-19,36H2,1-6H3,(H2,37,49)(H,41,48)(H,42,50)(H,43,52)(H,44,51)(H,45,53)(H,46,54)(H4,38,39,40)/t20-,21+,23-,24-,25-,26-,27-,28-/m0/s1. The zero-order chi connectivity index (χ0) is 41.4. The van der Waals surface area contributed by atoms with Gasteiger partial charge in [-0.2, -0.15) is 0 Å². The first-order valence-electron chi connectivity index (χ1n) is 18.9. The van der Waals surface area contributed by atoms with Crippen molar-refractivity contribution in [3.05, 3.63) is 0 Å². The van der Waals surface area contributed by atoms with E-state index in [1.165, 1.54) is 13.8 Å². The van der Waals surface area contributed by atoms with E-state index in [0.29, 0.717) is 44.9 Å². The zero-order valence-electron chi connectivity index (χ0n) is 32.9. The molecule has 310 valence electrons. The second-order valence-corrected chi connectivity index (χ2v) is 13.6. The Morgan fingerprint density at radius 3 is 1.41 bits per heavy atom. The van der Waals surface area contributed by atoms with Gasteiger partial charge in [0, 0.05) is 13.5 Å². The Morgan fingerprint density at radius 1 is 0.593 bits per heavy atom. The number of hydrogen-bond donors (Lipinski definition) is 11. The van der Waals surface area contributed by atoms with Crippen molar-refractivity contribution in [2.24, 2.45) is 33.8 Å². The minimum Gasteiger partial charge on any atom is -0.391 e. The second kappa shape index (κ2) is 27.1. The van der Waals surface area contributed by atoms with Gasteiger partial charge in [0.15, 0.2) is 5.96 Å². The summed E-state index contributed by atoms with van der Waals surface area (Å²) in [7, 11) is 0. The molecule has 19 heteroatoms. The Balaban J connectivity index is 6.17. The lowest BCUT2D eigenvalue weighted by molar-refractivity contribution is -0.136. The van der Waals surface area contributed by atoms with Crippen LogP contribution in [0.3, 0.4) is 0 Å². The largest absolute Gasteiger partial charge is 0.391 e. The van der Waals surface area contributed by atoms with Gasteiger partial charge in [-0.15, -0.1) is 0 Å². The van der Waals surface area contributed by atoms with Crippen molar-refractivity contribution >= 4 is 47.3 Å². The molecule has 0 aromatic rings. The third-order valence-electron chi connectivity index (χ3n) is 8.81. The van der Waals surface area contributed by atoms with Crippen molar-refractivity contribution in [1.82, 2.24) is 31.9 Å². The van der Waals surface area contributed by atoms with E-state index in [1.54, 1.807) is 6.92 Å². The maximum atomic E-state index is 13.8. The number of nitrogens with one attached hydrogen (secondary N) is 6. The van der Waals surface area contributed by atoms with Gasteiger partial charge < -0.3 is 59.9 Å². The molecule has 0 saturated carbocycles. The SMILES string of the molecule is CCCC[C@H](NC(=O)[C@H](CCCC)NC(=O)[C@@H](NC(=O)[C@@H](NC(C)=O)[C@@H](C)O)[C@@H](C)CC)C(=O)N[C@@H](CCCN)C(=O)N[C@@H](CCCN=C(N)N)C(N)=O. The van der Waals surface area contributed by atoms with E-state index < -0.39 is 89.6 Å². The van der Waals surface area contributed by atoms with Crippen molar-refractivity contribution in [3.8, 4) is 0 Å². The Labute approximate surface area is 319 Å². The quantitative estimate of drug-likeness (QED) is 0.0235. The topological polar surface area (TPSA) is 328 Å². The van der Waals surface area contributed by atoms with Gasteiger partial charge in [-0.3, -0.25) is 38.6 Å². The van der Waals surface area contributed by atoms with Crippen LogP contribution in [0.25, 0.3) is 0 Å². The maximum absolute atomic E-state index is 13.8. The minimum absolute atomic E-state index is 0.117. The zero-order valence-corrected chi connectivity index (χ0v) is 32.9.